The zero-order chi connectivity index (χ0) is 13.2. The summed E-state index contributed by atoms with van der Waals surface area (Å²) in [6, 6.07) is 0.438. The minimum absolute atomic E-state index is 0.438. The van der Waals surface area contributed by atoms with Gasteiger partial charge in [0, 0.05) is 30.2 Å². The maximum Gasteiger partial charge on any atom is 0.185 e. The highest BCUT2D eigenvalue weighted by Crippen LogP contribution is 2.40. The van der Waals surface area contributed by atoms with Crippen molar-refractivity contribution in [2.45, 2.75) is 45.6 Å². The Morgan fingerprint density at radius 1 is 1.42 bits per heavy atom. The second-order valence-electron chi connectivity index (χ2n) is 6.08. The van der Waals surface area contributed by atoms with Crippen molar-refractivity contribution < 1.29 is 0 Å². The molecule has 1 N–H and O–H groups in total. The normalized spacial score (nSPS) is 27.8. The van der Waals surface area contributed by atoms with E-state index in [9.17, 15) is 0 Å². The van der Waals surface area contributed by atoms with Gasteiger partial charge in [0.1, 0.15) is 0 Å². The highest BCUT2D eigenvalue weighted by molar-refractivity contribution is 7.15. The Morgan fingerprint density at radius 3 is 2.84 bits per heavy atom. The van der Waals surface area contributed by atoms with E-state index in [-0.39, 0.29) is 0 Å². The summed E-state index contributed by atoms with van der Waals surface area (Å²) < 4.78 is 0. The van der Waals surface area contributed by atoms with Crippen LogP contribution >= 0.6 is 11.3 Å². The molecule has 0 spiro atoms. The number of aromatic nitrogens is 1. The lowest BCUT2D eigenvalue weighted by atomic mass is 10.0. The molecule has 3 nitrogen and oxygen atoms in total. The summed E-state index contributed by atoms with van der Waals surface area (Å²) in [5, 5.41) is 4.79. The molecule has 1 aliphatic heterocycles. The number of hydrogen-bond donors (Lipinski definition) is 1. The molecule has 106 valence electrons. The quantitative estimate of drug-likeness (QED) is 0.895. The standard InChI is InChI=1S/C15H25N3S/c1-3-7-16-11(2)14-8-17-15(19-14)18-9-12-5-4-6-13(12)10-18/h8,11-13,16H,3-7,9-10H2,1-2H3. The van der Waals surface area contributed by atoms with Crippen LogP contribution in [0, 0.1) is 11.8 Å². The van der Waals surface area contributed by atoms with Crippen LogP contribution in [-0.4, -0.2) is 24.6 Å². The van der Waals surface area contributed by atoms with Crippen LogP contribution < -0.4 is 10.2 Å². The summed E-state index contributed by atoms with van der Waals surface area (Å²) in [5.41, 5.74) is 0. The number of rotatable bonds is 5. The molecule has 3 unspecified atom stereocenters. The Bertz CT molecular complexity index is 405. The number of hydrogen-bond acceptors (Lipinski definition) is 4. The van der Waals surface area contributed by atoms with Gasteiger partial charge in [0.2, 0.25) is 0 Å². The van der Waals surface area contributed by atoms with Crippen LogP contribution in [0.4, 0.5) is 5.13 Å². The third-order valence-corrected chi connectivity index (χ3v) is 5.88. The summed E-state index contributed by atoms with van der Waals surface area (Å²) >= 11 is 1.88. The van der Waals surface area contributed by atoms with Crippen molar-refractivity contribution in [2.24, 2.45) is 11.8 Å². The third-order valence-electron chi connectivity index (χ3n) is 4.64. The smallest absolute Gasteiger partial charge is 0.185 e. The molecule has 2 fully saturated rings. The molecule has 0 aromatic carbocycles. The van der Waals surface area contributed by atoms with E-state index in [1.165, 1.54) is 48.8 Å². The molecule has 4 heteroatoms. The van der Waals surface area contributed by atoms with Crippen molar-refractivity contribution in [3.63, 3.8) is 0 Å². The van der Waals surface area contributed by atoms with Gasteiger partial charge in [-0.15, -0.1) is 11.3 Å². The Labute approximate surface area is 120 Å². The molecule has 1 saturated heterocycles. The summed E-state index contributed by atoms with van der Waals surface area (Å²) in [6.45, 7) is 8.03. The van der Waals surface area contributed by atoms with E-state index in [4.69, 9.17) is 0 Å². The van der Waals surface area contributed by atoms with Crippen molar-refractivity contribution >= 4 is 16.5 Å². The van der Waals surface area contributed by atoms with Crippen LogP contribution in [0.2, 0.25) is 0 Å². The maximum atomic E-state index is 4.66. The lowest BCUT2D eigenvalue weighted by Crippen LogP contribution is -2.20. The fourth-order valence-electron chi connectivity index (χ4n) is 3.48. The van der Waals surface area contributed by atoms with Crippen molar-refractivity contribution in [1.82, 2.24) is 10.3 Å². The van der Waals surface area contributed by atoms with Crippen LogP contribution in [0.15, 0.2) is 6.20 Å². The van der Waals surface area contributed by atoms with E-state index in [0.29, 0.717) is 6.04 Å². The maximum absolute atomic E-state index is 4.66. The first-order chi connectivity index (χ1) is 9.28. The summed E-state index contributed by atoms with van der Waals surface area (Å²) in [6.07, 6.45) is 7.58. The topological polar surface area (TPSA) is 28.2 Å². The van der Waals surface area contributed by atoms with Gasteiger partial charge < -0.3 is 10.2 Å². The van der Waals surface area contributed by atoms with E-state index >= 15 is 0 Å². The van der Waals surface area contributed by atoms with Crippen LogP contribution in [-0.2, 0) is 0 Å². The zero-order valence-corrected chi connectivity index (χ0v) is 12.9. The van der Waals surface area contributed by atoms with Gasteiger partial charge in [-0.2, -0.15) is 0 Å². The van der Waals surface area contributed by atoms with E-state index < -0.39 is 0 Å². The molecule has 3 atom stereocenters. The van der Waals surface area contributed by atoms with E-state index in [0.717, 1.165) is 18.4 Å². The molecular weight excluding hydrogens is 254 g/mol. The highest BCUT2D eigenvalue weighted by Gasteiger charge is 2.37. The average molecular weight is 279 g/mol. The van der Waals surface area contributed by atoms with Gasteiger partial charge in [-0.1, -0.05) is 13.3 Å². The van der Waals surface area contributed by atoms with Crippen LogP contribution in [0.5, 0.6) is 0 Å². The fourth-order valence-corrected chi connectivity index (χ4v) is 4.44. The SMILES string of the molecule is CCCNC(C)c1cnc(N2CC3CCCC3C2)s1. The van der Waals surface area contributed by atoms with Crippen molar-refractivity contribution in [3.05, 3.63) is 11.1 Å². The van der Waals surface area contributed by atoms with Gasteiger partial charge in [0.05, 0.1) is 0 Å². The number of thiazole rings is 1. The molecule has 0 bridgehead atoms. The van der Waals surface area contributed by atoms with Gasteiger partial charge in [-0.05, 0) is 44.6 Å². The first-order valence-electron chi connectivity index (χ1n) is 7.72. The fraction of sp³-hybridized carbons (Fsp3) is 0.800. The molecule has 0 radical (unpaired) electrons. The zero-order valence-electron chi connectivity index (χ0n) is 12.1. The number of nitrogens with one attached hydrogen (secondary N) is 1. The summed E-state index contributed by atoms with van der Waals surface area (Å²) in [5.74, 6) is 1.89. The van der Waals surface area contributed by atoms with Crippen molar-refractivity contribution in [2.75, 3.05) is 24.5 Å². The minimum atomic E-state index is 0.438. The number of nitrogens with zero attached hydrogens (tertiary/aromatic N) is 2. The van der Waals surface area contributed by atoms with Gasteiger partial charge in [-0.25, -0.2) is 4.98 Å². The van der Waals surface area contributed by atoms with Gasteiger partial charge in [0.25, 0.3) is 0 Å². The molecule has 1 aromatic rings. The molecule has 1 aliphatic carbocycles. The van der Waals surface area contributed by atoms with E-state index in [1.807, 2.05) is 11.3 Å². The number of fused-ring (bicyclic) bond motifs is 1. The molecule has 0 amide bonds. The number of anilines is 1. The second-order valence-corrected chi connectivity index (χ2v) is 7.12. The van der Waals surface area contributed by atoms with Crippen molar-refractivity contribution in [3.8, 4) is 0 Å². The Kier molecular flexibility index (Phi) is 4.08. The largest absolute Gasteiger partial charge is 0.348 e. The molecule has 1 saturated carbocycles. The van der Waals surface area contributed by atoms with Crippen LogP contribution in [0.1, 0.15) is 50.4 Å². The second kappa shape index (κ2) is 5.80. The predicted molar refractivity (Wildman–Crippen MR) is 81.9 cm³/mol. The Hall–Kier alpha value is -0.610. The molecule has 3 rings (SSSR count). The molecule has 1 aromatic heterocycles. The average Bonchev–Trinajstić information content (AvgIpc) is 3.08. The molecule has 2 aliphatic rings. The molecule has 2 heterocycles. The Balaban J connectivity index is 1.62. The van der Waals surface area contributed by atoms with E-state index in [2.05, 4.69) is 35.2 Å². The lowest BCUT2D eigenvalue weighted by Gasteiger charge is -2.15. The third kappa shape index (κ3) is 2.79. The van der Waals surface area contributed by atoms with Gasteiger partial charge in [-0.3, -0.25) is 0 Å². The van der Waals surface area contributed by atoms with Gasteiger partial charge >= 0.3 is 0 Å². The van der Waals surface area contributed by atoms with Crippen molar-refractivity contribution in [1.29, 1.82) is 0 Å². The predicted octanol–water partition coefficient (Wildman–Crippen LogP) is 3.44. The first kappa shape index (κ1) is 13.4. The lowest BCUT2D eigenvalue weighted by molar-refractivity contribution is 0.494. The van der Waals surface area contributed by atoms with E-state index in [1.54, 1.807) is 0 Å². The summed E-state index contributed by atoms with van der Waals surface area (Å²) in [7, 11) is 0. The van der Waals surface area contributed by atoms with Crippen LogP contribution in [0.25, 0.3) is 0 Å². The monoisotopic (exact) mass is 279 g/mol. The molecular formula is C15H25N3S. The first-order valence-corrected chi connectivity index (χ1v) is 8.53. The van der Waals surface area contributed by atoms with Gasteiger partial charge in [0.15, 0.2) is 5.13 Å². The molecule has 19 heavy (non-hydrogen) atoms. The minimum Gasteiger partial charge on any atom is -0.348 e. The Morgan fingerprint density at radius 2 is 2.16 bits per heavy atom. The van der Waals surface area contributed by atoms with Crippen LogP contribution in [0.3, 0.4) is 0 Å². The summed E-state index contributed by atoms with van der Waals surface area (Å²) in [4.78, 5) is 8.56. The highest BCUT2D eigenvalue weighted by atomic mass is 32.1.